The van der Waals surface area contributed by atoms with Crippen LogP contribution in [-0.4, -0.2) is 40.3 Å². The molecule has 9 heteroatoms. The van der Waals surface area contributed by atoms with Gasteiger partial charge in [-0.3, -0.25) is 14.5 Å². The number of carbonyl (C=O) groups is 3. The molecule has 30 heavy (non-hydrogen) atoms. The Morgan fingerprint density at radius 2 is 1.93 bits per heavy atom. The molecule has 1 saturated heterocycles. The number of rotatable bonds is 7. The highest BCUT2D eigenvalue weighted by Gasteiger charge is 2.35. The molecule has 0 unspecified atom stereocenters. The van der Waals surface area contributed by atoms with Crippen LogP contribution in [0.15, 0.2) is 51.8 Å². The van der Waals surface area contributed by atoms with Gasteiger partial charge in [-0.2, -0.15) is 0 Å². The average molecular weight is 492 g/mol. The Balaban J connectivity index is 1.89. The molecule has 2 aromatic rings. The zero-order valence-electron chi connectivity index (χ0n) is 16.1. The summed E-state index contributed by atoms with van der Waals surface area (Å²) in [6, 6.07) is 12.3. The summed E-state index contributed by atoms with van der Waals surface area (Å²) in [5.41, 5.74) is 1.26. The van der Waals surface area contributed by atoms with Crippen LogP contribution in [0.1, 0.15) is 18.1 Å². The van der Waals surface area contributed by atoms with Crippen LogP contribution < -0.4 is 9.47 Å². The maximum absolute atomic E-state index is 12.8. The lowest BCUT2D eigenvalue weighted by Gasteiger charge is -2.16. The molecule has 1 N–H and O–H groups in total. The summed E-state index contributed by atoms with van der Waals surface area (Å²) in [5.74, 6) is -1.05. The summed E-state index contributed by atoms with van der Waals surface area (Å²) < 4.78 is 11.7. The van der Waals surface area contributed by atoms with E-state index in [1.807, 2.05) is 24.3 Å². The van der Waals surface area contributed by atoms with Gasteiger partial charge in [0.05, 0.1) is 18.6 Å². The number of para-hydroxylation sites is 1. The van der Waals surface area contributed by atoms with E-state index in [1.54, 1.807) is 18.2 Å². The average Bonchev–Trinajstić information content (AvgIpc) is 2.98. The third-order valence-electron chi connectivity index (χ3n) is 4.29. The van der Waals surface area contributed by atoms with Crippen molar-refractivity contribution in [1.29, 1.82) is 0 Å². The number of hydrogen-bond acceptors (Lipinski definition) is 6. The number of amides is 2. The monoisotopic (exact) mass is 491 g/mol. The molecular weight excluding hydrogens is 474 g/mol. The molecule has 2 aromatic carbocycles. The lowest BCUT2D eigenvalue weighted by atomic mass is 10.1. The topological polar surface area (TPSA) is 93.1 Å². The zero-order chi connectivity index (χ0) is 21.8. The normalized spacial score (nSPS) is 16.1. The van der Waals surface area contributed by atoms with Gasteiger partial charge < -0.3 is 14.6 Å². The summed E-state index contributed by atoms with van der Waals surface area (Å²) in [5, 5.41) is 8.78. The fourth-order valence-electron chi connectivity index (χ4n) is 2.71. The number of methoxy groups -OCH3 is 1. The number of thioether (sulfide) groups is 1. The van der Waals surface area contributed by atoms with Crippen molar-refractivity contribution in [3.05, 3.63) is 63.0 Å². The van der Waals surface area contributed by atoms with Crippen LogP contribution in [0.25, 0.3) is 6.08 Å². The highest BCUT2D eigenvalue weighted by Crippen LogP contribution is 2.38. The van der Waals surface area contributed by atoms with Gasteiger partial charge in [0.2, 0.25) is 0 Å². The van der Waals surface area contributed by atoms with Gasteiger partial charge in [0, 0.05) is 10.0 Å². The van der Waals surface area contributed by atoms with Gasteiger partial charge in [0.1, 0.15) is 0 Å². The van der Waals surface area contributed by atoms with Gasteiger partial charge in [-0.1, -0.05) is 40.2 Å². The van der Waals surface area contributed by atoms with Crippen LogP contribution in [0.4, 0.5) is 4.79 Å². The first kappa shape index (κ1) is 21.9. The lowest BCUT2D eigenvalue weighted by Crippen LogP contribution is -2.27. The van der Waals surface area contributed by atoms with E-state index in [9.17, 15) is 14.4 Å². The molecule has 1 atom stereocenters. The first-order chi connectivity index (χ1) is 14.3. The Morgan fingerprint density at radius 1 is 1.23 bits per heavy atom. The fraction of sp³-hybridized carbons (Fsp3) is 0.190. The number of hydrogen-bond donors (Lipinski definition) is 1. The first-order valence-electron chi connectivity index (χ1n) is 8.86. The van der Waals surface area contributed by atoms with Crippen LogP contribution in [-0.2, 0) is 16.1 Å². The summed E-state index contributed by atoms with van der Waals surface area (Å²) >= 11 is 4.18. The highest BCUT2D eigenvalue weighted by molar-refractivity contribution is 9.10. The van der Waals surface area contributed by atoms with Crippen molar-refractivity contribution in [2.24, 2.45) is 0 Å². The van der Waals surface area contributed by atoms with Gasteiger partial charge in [0.15, 0.2) is 17.6 Å². The van der Waals surface area contributed by atoms with Crippen LogP contribution in [0.2, 0.25) is 0 Å². The van der Waals surface area contributed by atoms with Gasteiger partial charge >= 0.3 is 5.97 Å². The van der Waals surface area contributed by atoms with E-state index < -0.39 is 18.0 Å². The Hall–Kier alpha value is -2.78. The number of aliphatic carboxylic acids is 1. The summed E-state index contributed by atoms with van der Waals surface area (Å²) in [7, 11) is 1.43. The van der Waals surface area contributed by atoms with E-state index in [0.29, 0.717) is 11.3 Å². The molecule has 3 rings (SSSR count). The molecule has 0 saturated carbocycles. The molecule has 2 amide bonds. The van der Waals surface area contributed by atoms with E-state index >= 15 is 0 Å². The minimum absolute atomic E-state index is 0.160. The lowest BCUT2D eigenvalue weighted by molar-refractivity contribution is -0.144. The Labute approximate surface area is 185 Å². The SMILES string of the molecule is COc1cccc(/C=C2\SC(=O)N(Cc3ccc(Br)cc3)C2=O)c1O[C@@H](C)C(=O)O. The molecule has 1 aliphatic rings. The maximum Gasteiger partial charge on any atom is 0.344 e. The van der Waals surface area contributed by atoms with E-state index in [2.05, 4.69) is 15.9 Å². The Morgan fingerprint density at radius 3 is 2.57 bits per heavy atom. The third-order valence-corrected chi connectivity index (χ3v) is 5.72. The third kappa shape index (κ3) is 4.85. The number of carboxylic acid groups (broad SMARTS) is 1. The Bertz CT molecular complexity index is 1020. The van der Waals surface area contributed by atoms with Gasteiger partial charge in [-0.15, -0.1) is 0 Å². The maximum atomic E-state index is 12.8. The largest absolute Gasteiger partial charge is 0.493 e. The van der Waals surface area contributed by atoms with Crippen molar-refractivity contribution < 1.29 is 29.0 Å². The standard InChI is InChI=1S/C21H18BrNO6S/c1-12(20(25)26)29-18-14(4-3-5-16(18)28-2)10-17-19(24)23(21(27)30-17)11-13-6-8-15(22)9-7-13/h3-10,12H,11H2,1-2H3,(H,25,26)/b17-10-/t12-/m0/s1. The van der Waals surface area contributed by atoms with Gasteiger partial charge in [-0.25, -0.2) is 4.79 Å². The fourth-order valence-corrected chi connectivity index (χ4v) is 3.80. The van der Waals surface area contributed by atoms with Crippen LogP contribution in [0.3, 0.4) is 0 Å². The number of carbonyl (C=O) groups excluding carboxylic acids is 2. The summed E-state index contributed by atoms with van der Waals surface area (Å²) in [6.45, 7) is 1.55. The first-order valence-corrected chi connectivity index (χ1v) is 10.5. The second kappa shape index (κ2) is 9.36. The second-order valence-corrected chi connectivity index (χ2v) is 8.28. The van der Waals surface area contributed by atoms with Crippen molar-refractivity contribution >= 4 is 50.9 Å². The minimum atomic E-state index is -1.14. The van der Waals surface area contributed by atoms with Crippen molar-refractivity contribution in [3.8, 4) is 11.5 Å². The van der Waals surface area contributed by atoms with E-state index in [4.69, 9.17) is 14.6 Å². The zero-order valence-corrected chi connectivity index (χ0v) is 18.5. The molecular formula is C21H18BrNO6S. The van der Waals surface area contributed by atoms with E-state index in [1.165, 1.54) is 25.0 Å². The smallest absolute Gasteiger partial charge is 0.344 e. The van der Waals surface area contributed by atoms with Crippen LogP contribution >= 0.6 is 27.7 Å². The van der Waals surface area contributed by atoms with Crippen molar-refractivity contribution in [1.82, 2.24) is 4.90 Å². The number of halogens is 1. The van der Waals surface area contributed by atoms with Crippen LogP contribution in [0, 0.1) is 0 Å². The quantitative estimate of drug-likeness (QED) is 0.567. The van der Waals surface area contributed by atoms with Gasteiger partial charge in [-0.05, 0) is 48.5 Å². The van der Waals surface area contributed by atoms with Crippen molar-refractivity contribution in [2.75, 3.05) is 7.11 Å². The van der Waals surface area contributed by atoms with E-state index in [0.717, 1.165) is 21.8 Å². The van der Waals surface area contributed by atoms with Crippen LogP contribution in [0.5, 0.6) is 11.5 Å². The predicted octanol–water partition coefficient (Wildman–Crippen LogP) is 4.55. The highest BCUT2D eigenvalue weighted by atomic mass is 79.9. The molecule has 1 heterocycles. The molecule has 0 bridgehead atoms. The summed E-state index contributed by atoms with van der Waals surface area (Å²) in [4.78, 5) is 37.8. The molecule has 156 valence electrons. The number of ether oxygens (including phenoxy) is 2. The van der Waals surface area contributed by atoms with Crippen molar-refractivity contribution in [3.63, 3.8) is 0 Å². The molecule has 0 aliphatic carbocycles. The molecule has 0 radical (unpaired) electrons. The summed E-state index contributed by atoms with van der Waals surface area (Å²) in [6.07, 6.45) is 0.389. The Kier molecular flexibility index (Phi) is 6.84. The number of nitrogens with zero attached hydrogens (tertiary/aromatic N) is 1. The minimum Gasteiger partial charge on any atom is -0.493 e. The number of benzene rings is 2. The number of imide groups is 1. The molecule has 1 fully saturated rings. The molecule has 1 aliphatic heterocycles. The predicted molar refractivity (Wildman–Crippen MR) is 116 cm³/mol. The van der Waals surface area contributed by atoms with Gasteiger partial charge in [0.25, 0.3) is 11.1 Å². The molecule has 7 nitrogen and oxygen atoms in total. The second-order valence-electron chi connectivity index (χ2n) is 6.37. The van der Waals surface area contributed by atoms with Crippen molar-refractivity contribution in [2.45, 2.75) is 19.6 Å². The van der Waals surface area contributed by atoms with E-state index in [-0.39, 0.29) is 22.4 Å². The number of carboxylic acids is 1. The molecule has 0 spiro atoms. The molecule has 0 aromatic heterocycles.